The Morgan fingerprint density at radius 2 is 2.41 bits per heavy atom. The molecule has 2 rings (SSSR count). The van der Waals surface area contributed by atoms with Gasteiger partial charge in [-0.25, -0.2) is 0 Å². The Labute approximate surface area is 99.4 Å². The predicted octanol–water partition coefficient (Wildman–Crippen LogP) is 0.249. The SMILES string of the molecule is N#Cc1cccc(N2CC(CN)OCC2=O)c1. The molecule has 1 fully saturated rings. The van der Waals surface area contributed by atoms with Crippen LogP contribution in [-0.4, -0.2) is 31.7 Å². The molecule has 88 valence electrons. The lowest BCUT2D eigenvalue weighted by Gasteiger charge is -2.32. The zero-order valence-electron chi connectivity index (χ0n) is 9.30. The highest BCUT2D eigenvalue weighted by Crippen LogP contribution is 2.19. The van der Waals surface area contributed by atoms with Crippen molar-refractivity contribution in [2.75, 3.05) is 24.6 Å². The number of carbonyl (C=O) groups excluding carboxylic acids is 1. The van der Waals surface area contributed by atoms with Crippen LogP contribution >= 0.6 is 0 Å². The van der Waals surface area contributed by atoms with Crippen LogP contribution in [0.4, 0.5) is 5.69 Å². The normalized spacial score (nSPS) is 20.1. The van der Waals surface area contributed by atoms with Gasteiger partial charge in [-0.3, -0.25) is 4.79 Å². The van der Waals surface area contributed by atoms with Crippen molar-refractivity contribution in [3.63, 3.8) is 0 Å². The van der Waals surface area contributed by atoms with E-state index in [4.69, 9.17) is 15.7 Å². The number of nitriles is 1. The fourth-order valence-corrected chi connectivity index (χ4v) is 1.76. The van der Waals surface area contributed by atoms with Crippen molar-refractivity contribution in [3.05, 3.63) is 29.8 Å². The zero-order chi connectivity index (χ0) is 12.3. The fourth-order valence-electron chi connectivity index (χ4n) is 1.76. The van der Waals surface area contributed by atoms with E-state index in [0.717, 1.165) is 5.69 Å². The van der Waals surface area contributed by atoms with Gasteiger partial charge in [-0.05, 0) is 18.2 Å². The van der Waals surface area contributed by atoms with E-state index in [2.05, 4.69) is 6.07 Å². The van der Waals surface area contributed by atoms with Crippen molar-refractivity contribution in [3.8, 4) is 6.07 Å². The van der Waals surface area contributed by atoms with E-state index in [1.807, 2.05) is 0 Å². The Kier molecular flexibility index (Phi) is 3.38. The second-order valence-corrected chi connectivity index (χ2v) is 3.84. The maximum atomic E-state index is 11.7. The van der Waals surface area contributed by atoms with E-state index >= 15 is 0 Å². The number of hydrogen-bond acceptors (Lipinski definition) is 4. The molecule has 1 atom stereocenters. The first kappa shape index (κ1) is 11.6. The summed E-state index contributed by atoms with van der Waals surface area (Å²) in [6.45, 7) is 0.852. The second-order valence-electron chi connectivity index (χ2n) is 3.84. The van der Waals surface area contributed by atoms with Gasteiger partial charge >= 0.3 is 0 Å². The van der Waals surface area contributed by atoms with Gasteiger partial charge in [-0.2, -0.15) is 5.26 Å². The number of nitrogens with zero attached hydrogens (tertiary/aromatic N) is 2. The van der Waals surface area contributed by atoms with Crippen molar-refractivity contribution in [2.45, 2.75) is 6.10 Å². The minimum atomic E-state index is -0.140. The lowest BCUT2D eigenvalue weighted by Crippen LogP contribution is -2.49. The minimum Gasteiger partial charge on any atom is -0.365 e. The highest BCUT2D eigenvalue weighted by Gasteiger charge is 2.26. The van der Waals surface area contributed by atoms with Crippen LogP contribution in [0.3, 0.4) is 0 Å². The van der Waals surface area contributed by atoms with Crippen LogP contribution in [0.25, 0.3) is 0 Å². The highest BCUT2D eigenvalue weighted by molar-refractivity contribution is 5.95. The quantitative estimate of drug-likeness (QED) is 0.791. The van der Waals surface area contributed by atoms with Crippen molar-refractivity contribution < 1.29 is 9.53 Å². The largest absolute Gasteiger partial charge is 0.365 e. The van der Waals surface area contributed by atoms with Gasteiger partial charge in [-0.15, -0.1) is 0 Å². The van der Waals surface area contributed by atoms with E-state index in [-0.39, 0.29) is 18.6 Å². The summed E-state index contributed by atoms with van der Waals surface area (Å²) >= 11 is 0. The standard InChI is InChI=1S/C12H13N3O2/c13-5-9-2-1-3-10(4-9)15-7-11(6-14)17-8-12(15)16/h1-4,11H,6-8,14H2. The minimum absolute atomic E-state index is 0.0403. The van der Waals surface area contributed by atoms with Crippen LogP contribution in [-0.2, 0) is 9.53 Å². The molecule has 1 aliphatic heterocycles. The third-order valence-electron chi connectivity index (χ3n) is 2.68. The molecule has 1 heterocycles. The smallest absolute Gasteiger partial charge is 0.253 e. The molecule has 0 bridgehead atoms. The van der Waals surface area contributed by atoms with E-state index in [9.17, 15) is 4.79 Å². The van der Waals surface area contributed by atoms with Gasteiger partial charge in [-0.1, -0.05) is 6.07 Å². The van der Waals surface area contributed by atoms with Gasteiger partial charge in [0.15, 0.2) is 0 Å². The molecule has 1 aromatic carbocycles. The van der Waals surface area contributed by atoms with Crippen LogP contribution in [0.5, 0.6) is 0 Å². The van der Waals surface area contributed by atoms with Gasteiger partial charge in [0.1, 0.15) is 6.61 Å². The van der Waals surface area contributed by atoms with Crippen LogP contribution < -0.4 is 10.6 Å². The third-order valence-corrected chi connectivity index (χ3v) is 2.68. The Morgan fingerprint density at radius 1 is 1.59 bits per heavy atom. The summed E-state index contributed by atoms with van der Waals surface area (Å²) in [6, 6.07) is 9.01. The van der Waals surface area contributed by atoms with Crippen LogP contribution in [0.15, 0.2) is 24.3 Å². The molecule has 0 spiro atoms. The number of anilines is 1. The summed E-state index contributed by atoms with van der Waals surface area (Å²) in [7, 11) is 0. The van der Waals surface area contributed by atoms with Crippen molar-refractivity contribution >= 4 is 11.6 Å². The van der Waals surface area contributed by atoms with Crippen molar-refractivity contribution in [2.24, 2.45) is 5.73 Å². The van der Waals surface area contributed by atoms with E-state index in [1.165, 1.54) is 0 Å². The fraction of sp³-hybridized carbons (Fsp3) is 0.333. The molecule has 5 nitrogen and oxygen atoms in total. The van der Waals surface area contributed by atoms with Crippen molar-refractivity contribution in [1.29, 1.82) is 5.26 Å². The summed E-state index contributed by atoms with van der Waals surface area (Å²) in [6.07, 6.45) is -0.140. The molecule has 0 saturated carbocycles. The molecule has 1 saturated heterocycles. The zero-order valence-corrected chi connectivity index (χ0v) is 9.30. The first-order valence-electron chi connectivity index (χ1n) is 5.37. The molecule has 1 aliphatic rings. The Morgan fingerprint density at radius 3 is 3.12 bits per heavy atom. The van der Waals surface area contributed by atoms with Gasteiger partial charge in [0.2, 0.25) is 0 Å². The van der Waals surface area contributed by atoms with Gasteiger partial charge < -0.3 is 15.4 Å². The molecular weight excluding hydrogens is 218 g/mol. The number of morpholine rings is 1. The molecule has 1 aromatic rings. The van der Waals surface area contributed by atoms with Gasteiger partial charge in [0.05, 0.1) is 24.3 Å². The molecular formula is C12H13N3O2. The Bertz CT molecular complexity index is 467. The van der Waals surface area contributed by atoms with Crippen LogP contribution in [0.2, 0.25) is 0 Å². The third kappa shape index (κ3) is 2.44. The highest BCUT2D eigenvalue weighted by atomic mass is 16.5. The molecule has 1 unspecified atom stereocenters. The molecule has 2 N–H and O–H groups in total. The number of hydrogen-bond donors (Lipinski definition) is 1. The average Bonchev–Trinajstić information content (AvgIpc) is 2.39. The number of amides is 1. The van der Waals surface area contributed by atoms with Gasteiger partial charge in [0.25, 0.3) is 5.91 Å². The molecule has 5 heteroatoms. The van der Waals surface area contributed by atoms with E-state index < -0.39 is 0 Å². The second kappa shape index (κ2) is 4.95. The monoisotopic (exact) mass is 231 g/mol. The number of rotatable bonds is 2. The summed E-state index contributed by atoms with van der Waals surface area (Å²) in [5.41, 5.74) is 6.78. The average molecular weight is 231 g/mol. The van der Waals surface area contributed by atoms with Gasteiger partial charge in [0, 0.05) is 12.2 Å². The first-order chi connectivity index (χ1) is 8.24. The topological polar surface area (TPSA) is 79.3 Å². The summed E-state index contributed by atoms with van der Waals surface area (Å²) < 4.78 is 5.27. The van der Waals surface area contributed by atoms with E-state index in [1.54, 1.807) is 29.2 Å². The number of ether oxygens (including phenoxy) is 1. The van der Waals surface area contributed by atoms with Crippen LogP contribution in [0, 0.1) is 11.3 Å². The summed E-state index contributed by atoms with van der Waals surface area (Å²) in [5, 5.41) is 8.83. The molecule has 0 aliphatic carbocycles. The maximum absolute atomic E-state index is 11.7. The number of carbonyl (C=O) groups is 1. The van der Waals surface area contributed by atoms with Crippen LogP contribution in [0.1, 0.15) is 5.56 Å². The lowest BCUT2D eigenvalue weighted by atomic mass is 10.1. The molecule has 0 aromatic heterocycles. The maximum Gasteiger partial charge on any atom is 0.253 e. The molecule has 0 radical (unpaired) electrons. The van der Waals surface area contributed by atoms with Crippen molar-refractivity contribution in [1.82, 2.24) is 0 Å². The molecule has 1 amide bonds. The Balaban J connectivity index is 2.24. The lowest BCUT2D eigenvalue weighted by molar-refractivity contribution is -0.128. The summed E-state index contributed by atoms with van der Waals surface area (Å²) in [4.78, 5) is 13.3. The van der Waals surface area contributed by atoms with E-state index in [0.29, 0.717) is 18.7 Å². The summed E-state index contributed by atoms with van der Waals surface area (Å²) in [5.74, 6) is -0.107. The Hall–Kier alpha value is -1.90. The predicted molar refractivity (Wildman–Crippen MR) is 62.3 cm³/mol. The number of nitrogens with two attached hydrogens (primary N) is 1. The molecule has 17 heavy (non-hydrogen) atoms. The number of benzene rings is 1. The first-order valence-corrected chi connectivity index (χ1v) is 5.37.